The third-order valence-electron chi connectivity index (χ3n) is 4.74. The number of halogens is 1. The second kappa shape index (κ2) is 7.30. The van der Waals surface area contributed by atoms with Crippen molar-refractivity contribution >= 4 is 32.5 Å². The number of hydrogen-bond donors (Lipinski definition) is 3. The van der Waals surface area contributed by atoms with Crippen molar-refractivity contribution in [1.82, 2.24) is 4.90 Å². The molecule has 24 heavy (non-hydrogen) atoms. The number of carboxylic acid groups (broad SMARTS) is 1. The zero-order valence-corrected chi connectivity index (χ0v) is 15.4. The highest BCUT2D eigenvalue weighted by molar-refractivity contribution is 9.18. The molecule has 0 spiro atoms. The molecule has 0 aromatic carbocycles. The fraction of sp³-hybridized carbons (Fsp3) is 0.389. The molecule has 2 aliphatic rings. The van der Waals surface area contributed by atoms with Crippen molar-refractivity contribution in [3.05, 3.63) is 47.6 Å². The van der Waals surface area contributed by atoms with E-state index in [1.807, 2.05) is 6.08 Å². The van der Waals surface area contributed by atoms with Crippen LogP contribution in [0, 0.1) is 22.2 Å². The molecular formula is C18H22BrN3O2. The minimum atomic E-state index is -0.942. The summed E-state index contributed by atoms with van der Waals surface area (Å²) in [6.07, 6.45) is 12.5. The lowest BCUT2D eigenvalue weighted by molar-refractivity contribution is -0.136. The minimum Gasteiger partial charge on any atom is -0.481 e. The summed E-state index contributed by atoms with van der Waals surface area (Å²) < 4.78 is 0.0649. The number of nitrogens with zero attached hydrogens (tertiary/aromatic N) is 1. The number of rotatable bonds is 5. The predicted octanol–water partition coefficient (Wildman–Crippen LogP) is 4.09. The molecule has 0 heterocycles. The van der Waals surface area contributed by atoms with Crippen LogP contribution in [0.5, 0.6) is 0 Å². The number of fused-ring (bicyclic) bond motifs is 1. The van der Waals surface area contributed by atoms with Gasteiger partial charge < -0.3 is 10.0 Å². The monoisotopic (exact) mass is 391 g/mol. The fourth-order valence-electron chi connectivity index (χ4n) is 3.03. The van der Waals surface area contributed by atoms with E-state index in [0.717, 1.165) is 5.57 Å². The molecule has 0 radical (unpaired) electrons. The molecule has 0 aliphatic heterocycles. The van der Waals surface area contributed by atoms with Gasteiger partial charge in [0.25, 0.3) is 0 Å². The van der Waals surface area contributed by atoms with Crippen molar-refractivity contribution in [2.24, 2.45) is 11.3 Å². The number of carboxylic acids is 1. The summed E-state index contributed by atoms with van der Waals surface area (Å²) in [5, 5.41) is 24.8. The largest absolute Gasteiger partial charge is 0.481 e. The van der Waals surface area contributed by atoms with E-state index >= 15 is 0 Å². The molecule has 2 aliphatic carbocycles. The fourth-order valence-corrected chi connectivity index (χ4v) is 3.37. The maximum absolute atomic E-state index is 10.7. The van der Waals surface area contributed by atoms with E-state index < -0.39 is 5.97 Å². The van der Waals surface area contributed by atoms with E-state index in [1.54, 1.807) is 0 Å². The standard InChI is InChI=1S/C18H22BrN3O2/c1-12-6-7-13(14-5-3-4-10-18(12,14)2)11-22(17(19)21)15(20)8-9-16(23)24/h3-7,10,12,20-21H,8-9,11H2,1-2H3,(H,23,24). The molecule has 3 N–H and O–H groups in total. The Labute approximate surface area is 150 Å². The maximum Gasteiger partial charge on any atom is 0.303 e. The molecule has 0 aromatic rings. The summed E-state index contributed by atoms with van der Waals surface area (Å²) in [6.45, 7) is 4.74. The number of hydrogen-bond acceptors (Lipinski definition) is 3. The van der Waals surface area contributed by atoms with Crippen LogP contribution in [-0.2, 0) is 4.79 Å². The summed E-state index contributed by atoms with van der Waals surface area (Å²) in [6, 6.07) is 0. The highest BCUT2D eigenvalue weighted by Crippen LogP contribution is 2.45. The number of allylic oxidation sites excluding steroid dienone is 6. The Morgan fingerprint density at radius 3 is 2.67 bits per heavy atom. The first-order chi connectivity index (χ1) is 11.3. The van der Waals surface area contributed by atoms with Gasteiger partial charge >= 0.3 is 5.97 Å². The van der Waals surface area contributed by atoms with Gasteiger partial charge in [-0.1, -0.05) is 50.3 Å². The average molecular weight is 392 g/mol. The quantitative estimate of drug-likeness (QED) is 0.374. The van der Waals surface area contributed by atoms with Gasteiger partial charge in [0.15, 0.2) is 4.74 Å². The zero-order chi connectivity index (χ0) is 17.9. The van der Waals surface area contributed by atoms with Gasteiger partial charge in [0, 0.05) is 11.8 Å². The second-order valence-corrected chi connectivity index (χ2v) is 7.06. The van der Waals surface area contributed by atoms with Gasteiger partial charge in [-0.05, 0) is 33.0 Å². The summed E-state index contributed by atoms with van der Waals surface area (Å²) in [5.74, 6) is -0.459. The molecular weight excluding hydrogens is 370 g/mol. The molecule has 2 unspecified atom stereocenters. The van der Waals surface area contributed by atoms with Gasteiger partial charge in [0.05, 0.1) is 13.0 Å². The average Bonchev–Trinajstić information content (AvgIpc) is 2.52. The van der Waals surface area contributed by atoms with E-state index in [9.17, 15) is 4.79 Å². The van der Waals surface area contributed by atoms with Crippen LogP contribution < -0.4 is 0 Å². The number of amidine groups is 2. The Morgan fingerprint density at radius 1 is 1.33 bits per heavy atom. The van der Waals surface area contributed by atoms with Crippen LogP contribution in [0.3, 0.4) is 0 Å². The van der Waals surface area contributed by atoms with E-state index in [2.05, 4.69) is 60.2 Å². The highest BCUT2D eigenvalue weighted by Gasteiger charge is 2.35. The van der Waals surface area contributed by atoms with Crippen LogP contribution in [0.15, 0.2) is 47.6 Å². The molecule has 0 amide bonds. The first-order valence-electron chi connectivity index (χ1n) is 7.84. The molecule has 2 atom stereocenters. The Balaban J connectivity index is 2.27. The molecule has 0 saturated carbocycles. The van der Waals surface area contributed by atoms with Crippen molar-refractivity contribution in [1.29, 1.82) is 10.8 Å². The Morgan fingerprint density at radius 2 is 2.04 bits per heavy atom. The van der Waals surface area contributed by atoms with Crippen LogP contribution >= 0.6 is 15.9 Å². The van der Waals surface area contributed by atoms with Crippen molar-refractivity contribution in [3.8, 4) is 0 Å². The summed E-state index contributed by atoms with van der Waals surface area (Å²) in [5.41, 5.74) is 2.13. The Hall–Kier alpha value is -1.95. The summed E-state index contributed by atoms with van der Waals surface area (Å²) >= 11 is 3.13. The van der Waals surface area contributed by atoms with Crippen molar-refractivity contribution in [2.45, 2.75) is 26.7 Å². The van der Waals surface area contributed by atoms with E-state index in [-0.39, 0.29) is 28.8 Å². The van der Waals surface area contributed by atoms with Gasteiger partial charge in [-0.25, -0.2) is 0 Å². The molecule has 0 bridgehead atoms. The summed E-state index contributed by atoms with van der Waals surface area (Å²) in [7, 11) is 0. The van der Waals surface area contributed by atoms with E-state index in [4.69, 9.17) is 15.9 Å². The normalized spacial score (nSPS) is 24.7. The molecule has 0 fully saturated rings. The molecule has 5 nitrogen and oxygen atoms in total. The first-order valence-corrected chi connectivity index (χ1v) is 8.63. The van der Waals surface area contributed by atoms with Gasteiger partial charge in [0.2, 0.25) is 0 Å². The van der Waals surface area contributed by atoms with Crippen LogP contribution in [0.25, 0.3) is 0 Å². The van der Waals surface area contributed by atoms with Gasteiger partial charge in [0.1, 0.15) is 5.84 Å². The van der Waals surface area contributed by atoms with Crippen molar-refractivity contribution in [2.75, 3.05) is 6.54 Å². The zero-order valence-electron chi connectivity index (χ0n) is 13.8. The lowest BCUT2D eigenvalue weighted by Gasteiger charge is -2.39. The van der Waals surface area contributed by atoms with Gasteiger partial charge in [-0.15, -0.1) is 0 Å². The molecule has 0 saturated heterocycles. The third-order valence-corrected chi connectivity index (χ3v) is 5.17. The predicted molar refractivity (Wildman–Crippen MR) is 99.7 cm³/mol. The maximum atomic E-state index is 10.7. The number of nitrogens with one attached hydrogen (secondary N) is 2. The molecule has 2 rings (SSSR count). The van der Waals surface area contributed by atoms with Gasteiger partial charge in [-0.3, -0.25) is 15.6 Å². The molecule has 128 valence electrons. The van der Waals surface area contributed by atoms with Crippen LogP contribution in [0.2, 0.25) is 0 Å². The Bertz CT molecular complexity index is 690. The third kappa shape index (κ3) is 3.75. The second-order valence-electron chi connectivity index (χ2n) is 6.31. The van der Waals surface area contributed by atoms with Gasteiger partial charge in [-0.2, -0.15) is 0 Å². The van der Waals surface area contributed by atoms with Crippen molar-refractivity contribution in [3.63, 3.8) is 0 Å². The van der Waals surface area contributed by atoms with Crippen LogP contribution in [0.1, 0.15) is 26.7 Å². The number of carbonyl (C=O) groups is 1. The lowest BCUT2D eigenvalue weighted by Crippen LogP contribution is -2.37. The van der Waals surface area contributed by atoms with Crippen LogP contribution in [0.4, 0.5) is 0 Å². The van der Waals surface area contributed by atoms with Crippen molar-refractivity contribution < 1.29 is 9.90 Å². The lowest BCUT2D eigenvalue weighted by atomic mass is 9.66. The molecule has 0 aromatic heterocycles. The highest BCUT2D eigenvalue weighted by atomic mass is 79.9. The number of aliphatic carboxylic acids is 1. The Kier molecular flexibility index (Phi) is 5.59. The SMILES string of the molecule is CC1C=CC(CN(C(=N)Br)C(=N)CCC(=O)O)=C2C=CC=CC21C. The van der Waals surface area contributed by atoms with E-state index in [1.165, 1.54) is 10.5 Å². The molecule has 6 heteroatoms. The summed E-state index contributed by atoms with van der Waals surface area (Å²) in [4.78, 5) is 12.2. The van der Waals surface area contributed by atoms with Crippen LogP contribution in [-0.4, -0.2) is 33.1 Å². The topological polar surface area (TPSA) is 88.2 Å². The first kappa shape index (κ1) is 18.4. The smallest absolute Gasteiger partial charge is 0.303 e. The van der Waals surface area contributed by atoms with E-state index in [0.29, 0.717) is 12.5 Å². The minimum absolute atomic E-state index is 0.0649.